The number of rotatable bonds is 4. The molecule has 0 spiro atoms. The summed E-state index contributed by atoms with van der Waals surface area (Å²) in [5.74, 6) is -0.509. The first-order valence-corrected chi connectivity index (χ1v) is 8.18. The summed E-state index contributed by atoms with van der Waals surface area (Å²) in [7, 11) is 0. The van der Waals surface area contributed by atoms with Crippen LogP contribution in [0.15, 0.2) is 41.8 Å². The average Bonchev–Trinajstić information content (AvgIpc) is 3.13. The fourth-order valence-electron chi connectivity index (χ4n) is 3.16. The molecular formula is C16H15N3O3S. The molecule has 1 aromatic heterocycles. The third kappa shape index (κ3) is 2.20. The van der Waals surface area contributed by atoms with Gasteiger partial charge < -0.3 is 10.6 Å². The highest BCUT2D eigenvalue weighted by Gasteiger charge is 2.51. The third-order valence-corrected chi connectivity index (χ3v) is 5.20. The highest BCUT2D eigenvalue weighted by Crippen LogP contribution is 2.46. The summed E-state index contributed by atoms with van der Waals surface area (Å²) >= 11 is 1.45. The number of urea groups is 1. The third-order valence-electron chi connectivity index (χ3n) is 4.22. The van der Waals surface area contributed by atoms with Gasteiger partial charge in [-0.05, 0) is 22.6 Å². The van der Waals surface area contributed by atoms with Crippen molar-refractivity contribution in [3.8, 4) is 0 Å². The Morgan fingerprint density at radius 1 is 1.30 bits per heavy atom. The molecule has 1 saturated heterocycles. The Hall–Kier alpha value is -2.38. The van der Waals surface area contributed by atoms with Gasteiger partial charge in [0.25, 0.3) is 0 Å². The SMILES string of the molecule is NC(=O)C1c2sccc2C2CN1C(=O)N2OCc1ccccc1. The second kappa shape index (κ2) is 5.36. The number of primary amides is 1. The Labute approximate surface area is 137 Å². The molecule has 2 atom stereocenters. The standard InChI is InChI=1S/C16H15N3O3S/c17-15(20)13-14-11(6-7-23-14)12-8-18(13)16(21)19(12)22-9-10-4-2-1-3-5-10/h1-7,12-13H,8-9H2,(H2,17,20). The molecule has 2 unspecified atom stereocenters. The van der Waals surface area contributed by atoms with Crippen LogP contribution >= 0.6 is 11.3 Å². The zero-order chi connectivity index (χ0) is 16.0. The van der Waals surface area contributed by atoms with Gasteiger partial charge >= 0.3 is 6.03 Å². The van der Waals surface area contributed by atoms with Crippen molar-refractivity contribution < 1.29 is 14.4 Å². The number of fused-ring (bicyclic) bond motifs is 4. The number of nitrogens with two attached hydrogens (primary N) is 1. The summed E-state index contributed by atoms with van der Waals surface area (Å²) in [5, 5.41) is 3.30. The maximum Gasteiger partial charge on any atom is 0.345 e. The van der Waals surface area contributed by atoms with Crippen LogP contribution in [0.3, 0.4) is 0 Å². The number of amides is 3. The van der Waals surface area contributed by atoms with E-state index in [1.54, 1.807) is 0 Å². The first-order chi connectivity index (χ1) is 11.2. The smallest absolute Gasteiger partial charge is 0.345 e. The van der Waals surface area contributed by atoms with E-state index in [1.807, 2.05) is 41.8 Å². The van der Waals surface area contributed by atoms with Crippen molar-refractivity contribution in [3.63, 3.8) is 0 Å². The number of hydrogen-bond acceptors (Lipinski definition) is 4. The van der Waals surface area contributed by atoms with E-state index >= 15 is 0 Å². The lowest BCUT2D eigenvalue weighted by molar-refractivity contribution is -0.141. The number of hydroxylamine groups is 2. The number of nitrogens with zero attached hydrogens (tertiary/aromatic N) is 2. The van der Waals surface area contributed by atoms with Gasteiger partial charge in [0.15, 0.2) is 0 Å². The van der Waals surface area contributed by atoms with E-state index in [2.05, 4.69) is 0 Å². The molecule has 2 aliphatic heterocycles. The van der Waals surface area contributed by atoms with Gasteiger partial charge in [-0.1, -0.05) is 30.3 Å². The molecule has 2 N–H and O–H groups in total. The molecule has 4 rings (SSSR count). The Morgan fingerprint density at radius 2 is 2.09 bits per heavy atom. The van der Waals surface area contributed by atoms with Crippen molar-refractivity contribution in [1.29, 1.82) is 0 Å². The van der Waals surface area contributed by atoms with E-state index in [0.29, 0.717) is 13.2 Å². The summed E-state index contributed by atoms with van der Waals surface area (Å²) in [4.78, 5) is 32.5. The van der Waals surface area contributed by atoms with E-state index in [9.17, 15) is 9.59 Å². The van der Waals surface area contributed by atoms with Gasteiger partial charge in [0.2, 0.25) is 5.91 Å². The van der Waals surface area contributed by atoms with Gasteiger partial charge in [-0.15, -0.1) is 11.3 Å². The molecule has 1 fully saturated rings. The lowest BCUT2D eigenvalue weighted by Gasteiger charge is -2.28. The number of carbonyl (C=O) groups excluding carboxylic acids is 2. The zero-order valence-electron chi connectivity index (χ0n) is 12.2. The van der Waals surface area contributed by atoms with Gasteiger partial charge in [0.1, 0.15) is 18.7 Å². The summed E-state index contributed by atoms with van der Waals surface area (Å²) < 4.78 is 0. The highest BCUT2D eigenvalue weighted by molar-refractivity contribution is 7.10. The van der Waals surface area contributed by atoms with E-state index in [4.69, 9.17) is 10.6 Å². The topological polar surface area (TPSA) is 75.9 Å². The van der Waals surface area contributed by atoms with Crippen molar-refractivity contribution in [2.75, 3.05) is 6.54 Å². The monoisotopic (exact) mass is 329 g/mol. The zero-order valence-corrected chi connectivity index (χ0v) is 13.0. The summed E-state index contributed by atoms with van der Waals surface area (Å²) in [5.41, 5.74) is 7.45. The Kier molecular flexibility index (Phi) is 3.32. The predicted molar refractivity (Wildman–Crippen MR) is 84.2 cm³/mol. The van der Waals surface area contributed by atoms with Gasteiger partial charge in [-0.2, -0.15) is 5.06 Å². The minimum absolute atomic E-state index is 0.192. The Morgan fingerprint density at radius 3 is 2.83 bits per heavy atom. The van der Waals surface area contributed by atoms with Gasteiger partial charge in [0.05, 0.1) is 6.54 Å². The van der Waals surface area contributed by atoms with Crippen molar-refractivity contribution >= 4 is 23.3 Å². The second-order valence-corrected chi connectivity index (χ2v) is 6.53. The molecule has 23 heavy (non-hydrogen) atoms. The lowest BCUT2D eigenvalue weighted by atomic mass is 9.99. The van der Waals surface area contributed by atoms with Crippen LogP contribution in [0.4, 0.5) is 4.79 Å². The molecule has 0 aliphatic carbocycles. The van der Waals surface area contributed by atoms with Gasteiger partial charge in [-0.25, -0.2) is 4.79 Å². The molecule has 2 aromatic rings. The first-order valence-electron chi connectivity index (χ1n) is 7.30. The quantitative estimate of drug-likeness (QED) is 0.934. The van der Waals surface area contributed by atoms with Crippen LogP contribution in [0.25, 0.3) is 0 Å². The summed E-state index contributed by atoms with van der Waals surface area (Å²) in [6, 6.07) is 10.4. The average molecular weight is 329 g/mol. The van der Waals surface area contributed by atoms with E-state index in [1.165, 1.54) is 21.3 Å². The van der Waals surface area contributed by atoms with Crippen molar-refractivity contribution in [2.45, 2.75) is 18.7 Å². The lowest BCUT2D eigenvalue weighted by Crippen LogP contribution is -2.40. The molecular weight excluding hydrogens is 314 g/mol. The van der Waals surface area contributed by atoms with Crippen LogP contribution in [0.5, 0.6) is 0 Å². The minimum atomic E-state index is -0.695. The summed E-state index contributed by atoms with van der Waals surface area (Å²) in [6.45, 7) is 0.725. The summed E-state index contributed by atoms with van der Waals surface area (Å²) in [6.07, 6.45) is 0. The normalized spacial score (nSPS) is 22.3. The molecule has 118 valence electrons. The Bertz CT molecular complexity index is 761. The van der Waals surface area contributed by atoms with Crippen LogP contribution in [0.2, 0.25) is 0 Å². The molecule has 0 saturated carbocycles. The molecule has 2 aliphatic rings. The van der Waals surface area contributed by atoms with E-state index in [-0.39, 0.29) is 12.1 Å². The predicted octanol–water partition coefficient (Wildman–Crippen LogP) is 2.20. The Balaban J connectivity index is 1.62. The van der Waals surface area contributed by atoms with Gasteiger partial charge in [0, 0.05) is 4.88 Å². The fourth-order valence-corrected chi connectivity index (χ4v) is 4.23. The van der Waals surface area contributed by atoms with Crippen LogP contribution in [0.1, 0.15) is 28.1 Å². The molecule has 0 radical (unpaired) electrons. The van der Waals surface area contributed by atoms with Crippen LogP contribution in [-0.4, -0.2) is 28.4 Å². The van der Waals surface area contributed by atoms with E-state index < -0.39 is 11.9 Å². The largest absolute Gasteiger partial charge is 0.368 e. The van der Waals surface area contributed by atoms with Crippen LogP contribution in [-0.2, 0) is 16.2 Å². The van der Waals surface area contributed by atoms with Crippen molar-refractivity contribution in [1.82, 2.24) is 9.96 Å². The molecule has 6 nitrogen and oxygen atoms in total. The van der Waals surface area contributed by atoms with Gasteiger partial charge in [-0.3, -0.25) is 9.63 Å². The molecule has 3 heterocycles. The molecule has 1 aromatic carbocycles. The van der Waals surface area contributed by atoms with Crippen LogP contribution in [0, 0.1) is 0 Å². The van der Waals surface area contributed by atoms with Crippen LogP contribution < -0.4 is 5.73 Å². The minimum Gasteiger partial charge on any atom is -0.368 e. The number of hydrogen-bond donors (Lipinski definition) is 1. The molecule has 2 bridgehead atoms. The van der Waals surface area contributed by atoms with Crippen molar-refractivity contribution in [2.24, 2.45) is 5.73 Å². The number of thiophene rings is 1. The maximum absolute atomic E-state index is 12.6. The van der Waals surface area contributed by atoms with E-state index in [0.717, 1.165) is 16.0 Å². The van der Waals surface area contributed by atoms with Crippen molar-refractivity contribution in [3.05, 3.63) is 57.8 Å². The maximum atomic E-state index is 12.6. The molecule has 7 heteroatoms. The second-order valence-electron chi connectivity index (χ2n) is 5.58. The highest BCUT2D eigenvalue weighted by atomic mass is 32.1. The molecule has 3 amide bonds. The fraction of sp³-hybridized carbons (Fsp3) is 0.250. The number of benzene rings is 1. The number of carbonyl (C=O) groups is 2. The first kappa shape index (κ1) is 14.2.